The number of pyridine rings is 2. The van der Waals surface area contributed by atoms with Gasteiger partial charge >= 0.3 is 6.18 Å². The van der Waals surface area contributed by atoms with Gasteiger partial charge in [-0.15, -0.1) is 0 Å². The van der Waals surface area contributed by atoms with Crippen molar-refractivity contribution in [3.8, 4) is 0 Å². The van der Waals surface area contributed by atoms with Gasteiger partial charge in [0.2, 0.25) is 0 Å². The van der Waals surface area contributed by atoms with E-state index in [4.69, 9.17) is 10.5 Å². The smallest absolute Gasteiger partial charge is 0.383 e. The number of amides is 1. The molecule has 12 heteroatoms. The summed E-state index contributed by atoms with van der Waals surface area (Å²) >= 11 is 0. The molecule has 39 heavy (non-hydrogen) atoms. The molecule has 0 aliphatic carbocycles. The third kappa shape index (κ3) is 4.26. The first-order valence-electron chi connectivity index (χ1n) is 12.2. The predicted molar refractivity (Wildman–Crippen MR) is 138 cm³/mol. The Labute approximate surface area is 220 Å². The van der Waals surface area contributed by atoms with Gasteiger partial charge in [-0.1, -0.05) is 0 Å². The standard InChI is InChI=1S/C27H24F3N7O2/c1-14-22(12-35(3)34-14)37(11-18-10-36-9-17(27(28,29)30)5-7-23(36)32-18)26(38)16-4-6-21-19(8-16)20-13-39-15(2)24(20)25(31)33-21/h4-10,12,15H,11,13H2,1-3H3,(H2,31,33)/t15-/m1/s1. The SMILES string of the molecule is Cc1nn(C)cc1N(Cc1cn2cc(C(F)(F)F)ccc2n1)C(=O)c1ccc2nc(N)c3c(c2c1)CO[C@@H]3C. The molecule has 0 bridgehead atoms. The van der Waals surface area contributed by atoms with Crippen LogP contribution in [0.15, 0.2) is 48.9 Å². The molecule has 1 amide bonds. The second-order valence-electron chi connectivity index (χ2n) is 9.65. The summed E-state index contributed by atoms with van der Waals surface area (Å²) in [4.78, 5) is 24.5. The highest BCUT2D eigenvalue weighted by atomic mass is 19.4. The van der Waals surface area contributed by atoms with Crippen LogP contribution in [0.1, 0.15) is 51.5 Å². The maximum Gasteiger partial charge on any atom is 0.417 e. The summed E-state index contributed by atoms with van der Waals surface area (Å²) in [6.07, 6.45) is -0.472. The van der Waals surface area contributed by atoms with Crippen molar-refractivity contribution in [2.24, 2.45) is 7.05 Å². The number of anilines is 2. The van der Waals surface area contributed by atoms with Crippen LogP contribution in [-0.2, 0) is 31.1 Å². The number of imidazole rings is 1. The maximum absolute atomic E-state index is 14.0. The summed E-state index contributed by atoms with van der Waals surface area (Å²) in [6.45, 7) is 4.08. The number of benzene rings is 1. The highest BCUT2D eigenvalue weighted by Gasteiger charge is 2.31. The van der Waals surface area contributed by atoms with Gasteiger partial charge < -0.3 is 14.9 Å². The van der Waals surface area contributed by atoms with Gasteiger partial charge in [0.1, 0.15) is 11.5 Å². The minimum Gasteiger partial charge on any atom is -0.383 e. The summed E-state index contributed by atoms with van der Waals surface area (Å²) in [5, 5.41) is 5.16. The van der Waals surface area contributed by atoms with E-state index in [2.05, 4.69) is 15.1 Å². The zero-order valence-corrected chi connectivity index (χ0v) is 21.3. The first-order chi connectivity index (χ1) is 18.5. The molecule has 4 aromatic heterocycles. The summed E-state index contributed by atoms with van der Waals surface area (Å²) in [5.74, 6) is 0.0910. The number of fused-ring (bicyclic) bond motifs is 4. The number of alkyl halides is 3. The molecule has 6 rings (SSSR count). The Balaban J connectivity index is 1.42. The van der Waals surface area contributed by atoms with Crippen LogP contribution in [0.4, 0.5) is 24.7 Å². The Morgan fingerprint density at radius 1 is 1.18 bits per heavy atom. The molecule has 0 spiro atoms. The summed E-state index contributed by atoms with van der Waals surface area (Å²) in [7, 11) is 1.75. The van der Waals surface area contributed by atoms with Crippen molar-refractivity contribution in [3.63, 3.8) is 0 Å². The molecule has 0 saturated carbocycles. The van der Waals surface area contributed by atoms with E-state index in [1.54, 1.807) is 43.0 Å². The van der Waals surface area contributed by atoms with Gasteiger partial charge in [-0.25, -0.2) is 9.97 Å². The molecular weight excluding hydrogens is 511 g/mol. The maximum atomic E-state index is 14.0. The second-order valence-corrected chi connectivity index (χ2v) is 9.65. The van der Waals surface area contributed by atoms with Crippen molar-refractivity contribution in [1.29, 1.82) is 0 Å². The molecule has 0 fully saturated rings. The van der Waals surface area contributed by atoms with E-state index < -0.39 is 11.7 Å². The topological polar surface area (TPSA) is 104 Å². The number of nitrogen functional groups attached to an aromatic ring is 1. The highest BCUT2D eigenvalue weighted by Crippen LogP contribution is 2.38. The zero-order chi connectivity index (χ0) is 27.6. The van der Waals surface area contributed by atoms with Crippen LogP contribution in [0.3, 0.4) is 0 Å². The number of ether oxygens (including phenoxy) is 1. The van der Waals surface area contributed by atoms with Crippen LogP contribution in [0.2, 0.25) is 0 Å². The van der Waals surface area contributed by atoms with Crippen LogP contribution >= 0.6 is 0 Å². The predicted octanol–water partition coefficient (Wildman–Crippen LogP) is 4.96. The lowest BCUT2D eigenvalue weighted by Crippen LogP contribution is -2.31. The van der Waals surface area contributed by atoms with Crippen LogP contribution in [0.25, 0.3) is 16.6 Å². The number of hydrogen-bond donors (Lipinski definition) is 1. The van der Waals surface area contributed by atoms with Crippen molar-refractivity contribution in [2.75, 3.05) is 10.6 Å². The van der Waals surface area contributed by atoms with Gasteiger partial charge in [-0.3, -0.25) is 14.4 Å². The summed E-state index contributed by atoms with van der Waals surface area (Å²) < 4.78 is 48.3. The van der Waals surface area contributed by atoms with E-state index in [0.29, 0.717) is 46.2 Å². The van der Waals surface area contributed by atoms with Gasteiger partial charge in [0.25, 0.3) is 5.91 Å². The largest absolute Gasteiger partial charge is 0.417 e. The molecule has 5 heterocycles. The molecule has 1 aromatic carbocycles. The third-order valence-electron chi connectivity index (χ3n) is 6.97. The number of aromatic nitrogens is 5. The molecule has 1 aliphatic rings. The van der Waals surface area contributed by atoms with E-state index >= 15 is 0 Å². The van der Waals surface area contributed by atoms with Crippen LogP contribution < -0.4 is 10.6 Å². The summed E-state index contributed by atoms with van der Waals surface area (Å²) in [5.41, 5.74) is 10.1. The third-order valence-corrected chi connectivity index (χ3v) is 6.97. The summed E-state index contributed by atoms with van der Waals surface area (Å²) in [6, 6.07) is 7.50. The molecule has 1 atom stereocenters. The van der Waals surface area contributed by atoms with E-state index in [9.17, 15) is 18.0 Å². The van der Waals surface area contributed by atoms with Crippen molar-refractivity contribution in [3.05, 3.63) is 82.6 Å². The Morgan fingerprint density at radius 2 is 1.97 bits per heavy atom. The Hall–Kier alpha value is -4.45. The van der Waals surface area contributed by atoms with E-state index in [1.165, 1.54) is 21.6 Å². The number of carbonyl (C=O) groups excluding carboxylic acids is 1. The van der Waals surface area contributed by atoms with Crippen LogP contribution in [0, 0.1) is 6.92 Å². The molecule has 9 nitrogen and oxygen atoms in total. The van der Waals surface area contributed by atoms with Crippen LogP contribution in [0.5, 0.6) is 0 Å². The van der Waals surface area contributed by atoms with Crippen molar-refractivity contribution >= 4 is 34.0 Å². The zero-order valence-electron chi connectivity index (χ0n) is 21.3. The average molecular weight is 536 g/mol. The number of carbonyl (C=O) groups is 1. The average Bonchev–Trinajstić information content (AvgIpc) is 3.57. The normalized spacial score (nSPS) is 15.3. The molecule has 0 saturated heterocycles. The first kappa shape index (κ1) is 24.9. The minimum atomic E-state index is -4.48. The molecule has 0 unspecified atom stereocenters. The molecule has 200 valence electrons. The van der Waals surface area contributed by atoms with Gasteiger partial charge in [0.05, 0.1) is 47.4 Å². The van der Waals surface area contributed by atoms with Crippen molar-refractivity contribution in [1.82, 2.24) is 24.1 Å². The number of nitrogens with zero attached hydrogens (tertiary/aromatic N) is 6. The minimum absolute atomic E-state index is 0.0185. The lowest BCUT2D eigenvalue weighted by atomic mass is 10.00. The van der Waals surface area contributed by atoms with E-state index in [0.717, 1.165) is 28.8 Å². The van der Waals surface area contributed by atoms with E-state index in [-0.39, 0.29) is 18.6 Å². The van der Waals surface area contributed by atoms with Gasteiger partial charge in [0.15, 0.2) is 0 Å². The quantitative estimate of drug-likeness (QED) is 0.349. The van der Waals surface area contributed by atoms with Gasteiger partial charge in [-0.05, 0) is 49.7 Å². The molecular formula is C27H24F3N7O2. The van der Waals surface area contributed by atoms with Crippen molar-refractivity contribution < 1.29 is 22.7 Å². The monoisotopic (exact) mass is 535 g/mol. The highest BCUT2D eigenvalue weighted by molar-refractivity contribution is 6.08. The van der Waals surface area contributed by atoms with Gasteiger partial charge in [-0.2, -0.15) is 18.3 Å². The van der Waals surface area contributed by atoms with Crippen LogP contribution in [-0.4, -0.2) is 30.1 Å². The fourth-order valence-electron chi connectivity index (χ4n) is 5.12. The Morgan fingerprint density at radius 3 is 2.69 bits per heavy atom. The second kappa shape index (κ2) is 8.80. The van der Waals surface area contributed by atoms with Crippen molar-refractivity contribution in [2.45, 2.75) is 39.3 Å². The molecule has 0 radical (unpaired) electrons. The Bertz CT molecular complexity index is 1770. The Kier molecular flexibility index (Phi) is 5.61. The number of aryl methyl sites for hydroxylation is 2. The number of halogens is 3. The fourth-order valence-corrected chi connectivity index (χ4v) is 5.12. The number of nitrogens with two attached hydrogens (primary N) is 1. The lowest BCUT2D eigenvalue weighted by molar-refractivity contribution is -0.137. The molecule has 1 aliphatic heterocycles. The first-order valence-corrected chi connectivity index (χ1v) is 12.2. The van der Waals surface area contributed by atoms with E-state index in [1.807, 2.05) is 6.92 Å². The molecule has 5 aromatic rings. The molecule has 2 N–H and O–H groups in total. The number of hydrogen-bond acceptors (Lipinski definition) is 6. The fraction of sp³-hybridized carbons (Fsp3) is 0.259. The number of rotatable bonds is 4. The lowest BCUT2D eigenvalue weighted by Gasteiger charge is -2.21. The van der Waals surface area contributed by atoms with Gasteiger partial charge in [0, 0.05) is 42.2 Å².